The number of hydrogen-bond acceptors (Lipinski definition) is 4. The number of likely N-dealkylation sites (N-methyl/N-ethyl adjacent to an activating group) is 1. The van der Waals surface area contributed by atoms with Gasteiger partial charge in [-0.3, -0.25) is 13.9 Å². The minimum atomic E-state index is -4.10. The van der Waals surface area contributed by atoms with Gasteiger partial charge < -0.3 is 10.2 Å². The lowest BCUT2D eigenvalue weighted by molar-refractivity contribution is -0.139. The number of carbonyl (C=O) groups excluding carboxylic acids is 2. The van der Waals surface area contributed by atoms with E-state index in [0.717, 1.165) is 16.3 Å². The first-order valence-electron chi connectivity index (χ1n) is 12.2. The molecule has 1 N–H and O–H groups in total. The highest BCUT2D eigenvalue weighted by atomic mass is 32.2. The molecule has 9 heteroatoms. The fourth-order valence-electron chi connectivity index (χ4n) is 3.84. The average Bonchev–Trinajstić information content (AvgIpc) is 2.91. The molecule has 0 saturated heterocycles. The number of hydrogen-bond donors (Lipinski definition) is 1. The summed E-state index contributed by atoms with van der Waals surface area (Å²) in [5, 5.41) is 2.70. The number of anilines is 1. The number of amides is 2. The van der Waals surface area contributed by atoms with Crippen molar-refractivity contribution in [2.75, 3.05) is 17.4 Å². The van der Waals surface area contributed by atoms with Crippen molar-refractivity contribution in [3.63, 3.8) is 0 Å². The molecular weight excluding hydrogens is 493 g/mol. The average molecular weight is 526 g/mol. The van der Waals surface area contributed by atoms with Gasteiger partial charge in [0.25, 0.3) is 10.0 Å². The van der Waals surface area contributed by atoms with Crippen LogP contribution in [0.2, 0.25) is 0 Å². The van der Waals surface area contributed by atoms with Crippen molar-refractivity contribution in [3.8, 4) is 0 Å². The number of halogens is 1. The van der Waals surface area contributed by atoms with Crippen LogP contribution in [-0.4, -0.2) is 44.3 Å². The molecule has 3 aromatic rings. The summed E-state index contributed by atoms with van der Waals surface area (Å²) in [6, 6.07) is 19.6. The Kier molecular flexibility index (Phi) is 9.41. The molecule has 3 rings (SSSR count). The number of sulfonamides is 1. The molecule has 0 saturated carbocycles. The Morgan fingerprint density at radius 1 is 0.892 bits per heavy atom. The van der Waals surface area contributed by atoms with Crippen LogP contribution in [0.15, 0.2) is 83.8 Å². The zero-order valence-corrected chi connectivity index (χ0v) is 22.0. The molecule has 2 amide bonds. The predicted octanol–water partition coefficient (Wildman–Crippen LogP) is 4.14. The van der Waals surface area contributed by atoms with E-state index < -0.39 is 34.3 Å². The van der Waals surface area contributed by atoms with Gasteiger partial charge in [0, 0.05) is 13.1 Å². The molecule has 0 radical (unpaired) electrons. The van der Waals surface area contributed by atoms with Crippen LogP contribution >= 0.6 is 0 Å². The summed E-state index contributed by atoms with van der Waals surface area (Å²) >= 11 is 0. The SMILES string of the molecule is CCNC(=O)[C@H](C)N(Cc1ccc(F)cc1)C(=O)CN(c1ccc(CC)cc1)S(=O)(=O)c1ccccc1. The van der Waals surface area contributed by atoms with Gasteiger partial charge in [-0.2, -0.15) is 0 Å². The minimum Gasteiger partial charge on any atom is -0.355 e. The van der Waals surface area contributed by atoms with Gasteiger partial charge in [-0.05, 0) is 67.8 Å². The third kappa shape index (κ3) is 6.95. The molecular formula is C28H32FN3O4S. The van der Waals surface area contributed by atoms with E-state index in [4.69, 9.17) is 0 Å². The van der Waals surface area contributed by atoms with Gasteiger partial charge >= 0.3 is 0 Å². The molecule has 37 heavy (non-hydrogen) atoms. The van der Waals surface area contributed by atoms with Crippen molar-refractivity contribution in [2.45, 2.75) is 44.7 Å². The van der Waals surface area contributed by atoms with Gasteiger partial charge in [0.05, 0.1) is 10.6 Å². The van der Waals surface area contributed by atoms with Crippen molar-refractivity contribution in [2.24, 2.45) is 0 Å². The first-order chi connectivity index (χ1) is 17.7. The van der Waals surface area contributed by atoms with E-state index in [1.807, 2.05) is 19.1 Å². The van der Waals surface area contributed by atoms with Gasteiger partial charge in [-0.1, -0.05) is 49.4 Å². The van der Waals surface area contributed by atoms with E-state index in [2.05, 4.69) is 5.32 Å². The van der Waals surface area contributed by atoms with Crippen molar-refractivity contribution in [1.29, 1.82) is 0 Å². The van der Waals surface area contributed by atoms with Crippen LogP contribution in [0, 0.1) is 5.82 Å². The quantitative estimate of drug-likeness (QED) is 0.408. The third-order valence-corrected chi connectivity index (χ3v) is 7.82. The van der Waals surface area contributed by atoms with Crippen LogP contribution in [0.5, 0.6) is 0 Å². The summed E-state index contributed by atoms with van der Waals surface area (Å²) in [5.41, 5.74) is 1.97. The summed E-state index contributed by atoms with van der Waals surface area (Å²) in [6.07, 6.45) is 0.778. The topological polar surface area (TPSA) is 86.8 Å². The Morgan fingerprint density at radius 2 is 1.49 bits per heavy atom. The van der Waals surface area contributed by atoms with E-state index in [9.17, 15) is 22.4 Å². The second kappa shape index (κ2) is 12.5. The van der Waals surface area contributed by atoms with E-state index in [1.54, 1.807) is 44.2 Å². The normalized spacial score (nSPS) is 12.0. The maximum atomic E-state index is 13.7. The second-order valence-corrected chi connectivity index (χ2v) is 10.4. The van der Waals surface area contributed by atoms with Crippen LogP contribution < -0.4 is 9.62 Å². The lowest BCUT2D eigenvalue weighted by atomic mass is 10.1. The van der Waals surface area contributed by atoms with E-state index in [1.165, 1.54) is 41.3 Å². The van der Waals surface area contributed by atoms with E-state index in [-0.39, 0.29) is 17.3 Å². The fourth-order valence-corrected chi connectivity index (χ4v) is 5.27. The Bertz CT molecular complexity index is 1300. The Hall–Kier alpha value is -3.72. The lowest BCUT2D eigenvalue weighted by Crippen LogP contribution is -2.51. The van der Waals surface area contributed by atoms with Crippen LogP contribution in [0.1, 0.15) is 31.9 Å². The van der Waals surface area contributed by atoms with Crippen molar-refractivity contribution < 1.29 is 22.4 Å². The number of nitrogens with one attached hydrogen (secondary N) is 1. The molecule has 0 heterocycles. The highest BCUT2D eigenvalue weighted by Gasteiger charge is 2.32. The first-order valence-corrected chi connectivity index (χ1v) is 13.6. The Balaban J connectivity index is 2.01. The second-order valence-electron chi connectivity index (χ2n) is 8.56. The van der Waals surface area contributed by atoms with Crippen molar-refractivity contribution >= 4 is 27.5 Å². The lowest BCUT2D eigenvalue weighted by Gasteiger charge is -2.32. The summed E-state index contributed by atoms with van der Waals surface area (Å²) in [5.74, 6) is -1.36. The zero-order chi connectivity index (χ0) is 27.0. The van der Waals surface area contributed by atoms with Gasteiger partial charge in [0.1, 0.15) is 18.4 Å². The molecule has 196 valence electrons. The third-order valence-electron chi connectivity index (χ3n) is 6.03. The maximum absolute atomic E-state index is 13.7. The molecule has 0 aliphatic carbocycles. The summed E-state index contributed by atoms with van der Waals surface area (Å²) < 4.78 is 41.9. The fraction of sp³-hybridized carbons (Fsp3) is 0.286. The number of nitrogens with zero attached hydrogens (tertiary/aromatic N) is 2. The van der Waals surface area contributed by atoms with Gasteiger partial charge in [0.15, 0.2) is 0 Å². The predicted molar refractivity (Wildman–Crippen MR) is 142 cm³/mol. The number of benzene rings is 3. The zero-order valence-electron chi connectivity index (χ0n) is 21.2. The molecule has 3 aromatic carbocycles. The largest absolute Gasteiger partial charge is 0.355 e. The van der Waals surface area contributed by atoms with Gasteiger partial charge in [0.2, 0.25) is 11.8 Å². The van der Waals surface area contributed by atoms with Crippen LogP contribution in [0.4, 0.5) is 10.1 Å². The summed E-state index contributed by atoms with van der Waals surface area (Å²) in [4.78, 5) is 27.8. The van der Waals surface area contributed by atoms with Crippen LogP contribution in [0.25, 0.3) is 0 Å². The van der Waals surface area contributed by atoms with E-state index in [0.29, 0.717) is 17.8 Å². The van der Waals surface area contributed by atoms with Crippen molar-refractivity contribution in [1.82, 2.24) is 10.2 Å². The monoisotopic (exact) mass is 525 g/mol. The molecule has 0 unspecified atom stereocenters. The van der Waals surface area contributed by atoms with Crippen LogP contribution in [0.3, 0.4) is 0 Å². The highest BCUT2D eigenvalue weighted by molar-refractivity contribution is 7.92. The van der Waals surface area contributed by atoms with E-state index >= 15 is 0 Å². The smallest absolute Gasteiger partial charge is 0.264 e. The number of aryl methyl sites for hydroxylation is 1. The molecule has 1 atom stereocenters. The maximum Gasteiger partial charge on any atom is 0.264 e. The summed E-state index contributed by atoms with van der Waals surface area (Å²) in [7, 11) is -4.10. The minimum absolute atomic E-state index is 0.00537. The Morgan fingerprint density at radius 3 is 2.05 bits per heavy atom. The molecule has 0 aliphatic rings. The standard InChI is InChI=1S/C28H32FN3O4S/c1-4-22-13-17-25(18-14-22)32(37(35,36)26-9-7-6-8-10-26)20-27(33)31(21(3)28(34)30-5-2)19-23-11-15-24(29)16-12-23/h6-18,21H,4-5,19-20H2,1-3H3,(H,30,34)/t21-/m0/s1. The highest BCUT2D eigenvalue weighted by Crippen LogP contribution is 2.25. The first kappa shape index (κ1) is 27.9. The number of rotatable bonds is 11. The molecule has 0 bridgehead atoms. The molecule has 0 spiro atoms. The Labute approximate surface area is 218 Å². The number of carbonyl (C=O) groups is 2. The molecule has 0 aliphatic heterocycles. The summed E-state index contributed by atoms with van der Waals surface area (Å²) in [6.45, 7) is 5.20. The van der Waals surface area contributed by atoms with Gasteiger partial charge in [-0.15, -0.1) is 0 Å². The van der Waals surface area contributed by atoms with Crippen LogP contribution in [-0.2, 0) is 32.6 Å². The molecule has 0 fully saturated rings. The molecule has 7 nitrogen and oxygen atoms in total. The molecule has 0 aromatic heterocycles. The van der Waals surface area contributed by atoms with Gasteiger partial charge in [-0.25, -0.2) is 12.8 Å². The van der Waals surface area contributed by atoms with Crippen molar-refractivity contribution in [3.05, 3.63) is 95.8 Å².